The molecular weight excluding hydrogens is 232 g/mol. The maximum absolute atomic E-state index is 5.58. The van der Waals surface area contributed by atoms with Crippen LogP contribution in [0.5, 0.6) is 0 Å². The summed E-state index contributed by atoms with van der Waals surface area (Å²) in [6.45, 7) is 7.44. The quantitative estimate of drug-likeness (QED) is 0.790. The predicted octanol–water partition coefficient (Wildman–Crippen LogP) is 2.79. The fourth-order valence-electron chi connectivity index (χ4n) is 1.43. The molecule has 0 heterocycles. The van der Waals surface area contributed by atoms with Gasteiger partial charge in [0.15, 0.2) is 5.11 Å². The molecule has 94 valence electrons. The highest BCUT2D eigenvalue weighted by molar-refractivity contribution is 7.80. The van der Waals surface area contributed by atoms with E-state index in [1.807, 2.05) is 51.1 Å². The maximum atomic E-state index is 5.58. The van der Waals surface area contributed by atoms with Crippen LogP contribution in [0.2, 0.25) is 0 Å². The highest BCUT2D eigenvalue weighted by Gasteiger charge is 2.17. The van der Waals surface area contributed by atoms with E-state index in [0.29, 0.717) is 18.3 Å². The molecule has 0 saturated heterocycles. The molecule has 0 bridgehead atoms. The van der Waals surface area contributed by atoms with E-state index in [1.54, 1.807) is 0 Å². The van der Waals surface area contributed by atoms with Crippen LogP contribution in [0.15, 0.2) is 30.3 Å². The van der Waals surface area contributed by atoms with E-state index in [2.05, 4.69) is 10.6 Å². The van der Waals surface area contributed by atoms with Crippen molar-refractivity contribution in [2.45, 2.75) is 26.4 Å². The zero-order valence-electron chi connectivity index (χ0n) is 10.6. The molecule has 0 aliphatic rings. The van der Waals surface area contributed by atoms with Gasteiger partial charge in [0.1, 0.15) is 0 Å². The Morgan fingerprint density at radius 1 is 1.29 bits per heavy atom. The van der Waals surface area contributed by atoms with Crippen LogP contribution in [0.1, 0.15) is 20.8 Å². The smallest absolute Gasteiger partial charge is 0.170 e. The van der Waals surface area contributed by atoms with E-state index >= 15 is 0 Å². The van der Waals surface area contributed by atoms with E-state index in [1.165, 1.54) is 0 Å². The van der Waals surface area contributed by atoms with Crippen LogP contribution in [0.3, 0.4) is 0 Å². The summed E-state index contributed by atoms with van der Waals surface area (Å²) in [6.07, 6.45) is 0. The minimum absolute atomic E-state index is 0.211. The standard InChI is InChI=1S/C13H20N2OS/c1-4-16-13(2,3)10-14-12(17)15-11-8-6-5-7-9-11/h5-9H,4,10H2,1-3H3,(H2,14,15,17). The van der Waals surface area contributed by atoms with Crippen LogP contribution in [0.25, 0.3) is 0 Å². The van der Waals surface area contributed by atoms with E-state index in [4.69, 9.17) is 17.0 Å². The second-order valence-electron chi connectivity index (χ2n) is 4.37. The van der Waals surface area contributed by atoms with Gasteiger partial charge in [0.05, 0.1) is 5.60 Å². The minimum Gasteiger partial charge on any atom is -0.374 e. The largest absolute Gasteiger partial charge is 0.374 e. The first-order valence-corrected chi connectivity index (χ1v) is 6.18. The summed E-state index contributed by atoms with van der Waals surface area (Å²) >= 11 is 5.21. The zero-order valence-corrected chi connectivity index (χ0v) is 11.4. The summed E-state index contributed by atoms with van der Waals surface area (Å²) in [5.41, 5.74) is 0.774. The lowest BCUT2D eigenvalue weighted by Crippen LogP contribution is -2.42. The molecule has 1 aromatic rings. The number of thiocarbonyl (C=S) groups is 1. The van der Waals surface area contributed by atoms with Crippen molar-refractivity contribution in [3.05, 3.63) is 30.3 Å². The summed E-state index contributed by atoms with van der Waals surface area (Å²) in [5.74, 6) is 0. The Kier molecular flexibility index (Phi) is 5.38. The molecule has 17 heavy (non-hydrogen) atoms. The van der Waals surface area contributed by atoms with Crippen LogP contribution in [0, 0.1) is 0 Å². The fraction of sp³-hybridized carbons (Fsp3) is 0.462. The Labute approximate surface area is 109 Å². The van der Waals surface area contributed by atoms with Gasteiger partial charge in [0, 0.05) is 18.8 Å². The van der Waals surface area contributed by atoms with Crippen molar-refractivity contribution in [3.8, 4) is 0 Å². The van der Waals surface area contributed by atoms with Gasteiger partial charge in [-0.2, -0.15) is 0 Å². The van der Waals surface area contributed by atoms with Gasteiger partial charge >= 0.3 is 0 Å². The lowest BCUT2D eigenvalue weighted by molar-refractivity contribution is -0.00559. The van der Waals surface area contributed by atoms with Crippen molar-refractivity contribution in [2.75, 3.05) is 18.5 Å². The first kappa shape index (κ1) is 13.9. The molecule has 4 heteroatoms. The number of rotatable bonds is 5. The third-order valence-electron chi connectivity index (χ3n) is 2.24. The third-order valence-corrected chi connectivity index (χ3v) is 2.49. The highest BCUT2D eigenvalue weighted by Crippen LogP contribution is 2.08. The molecule has 0 atom stereocenters. The van der Waals surface area contributed by atoms with E-state index in [9.17, 15) is 0 Å². The van der Waals surface area contributed by atoms with Crippen molar-refractivity contribution in [1.29, 1.82) is 0 Å². The van der Waals surface area contributed by atoms with Gasteiger partial charge in [-0.1, -0.05) is 18.2 Å². The number of benzene rings is 1. The molecular formula is C13H20N2OS. The third kappa shape index (κ3) is 5.65. The molecule has 0 amide bonds. The molecule has 2 N–H and O–H groups in total. The summed E-state index contributed by atoms with van der Waals surface area (Å²) in [5, 5.41) is 6.89. The second kappa shape index (κ2) is 6.57. The number of nitrogens with one attached hydrogen (secondary N) is 2. The number of para-hydroxylation sites is 1. The van der Waals surface area contributed by atoms with E-state index < -0.39 is 0 Å². The summed E-state index contributed by atoms with van der Waals surface area (Å²) in [7, 11) is 0. The Morgan fingerprint density at radius 2 is 1.94 bits per heavy atom. The zero-order chi connectivity index (χ0) is 12.7. The molecule has 0 aliphatic heterocycles. The molecule has 0 aromatic heterocycles. The van der Waals surface area contributed by atoms with Gasteiger partial charge in [-0.3, -0.25) is 0 Å². The first-order chi connectivity index (χ1) is 8.03. The lowest BCUT2D eigenvalue weighted by Gasteiger charge is -2.25. The maximum Gasteiger partial charge on any atom is 0.170 e. The van der Waals surface area contributed by atoms with E-state index in [0.717, 1.165) is 5.69 Å². The highest BCUT2D eigenvalue weighted by atomic mass is 32.1. The van der Waals surface area contributed by atoms with Crippen molar-refractivity contribution in [3.63, 3.8) is 0 Å². The van der Waals surface area contributed by atoms with Gasteiger partial charge in [0.25, 0.3) is 0 Å². The molecule has 0 radical (unpaired) electrons. The van der Waals surface area contributed by atoms with Gasteiger partial charge < -0.3 is 15.4 Å². The van der Waals surface area contributed by atoms with Gasteiger partial charge in [-0.15, -0.1) is 0 Å². The van der Waals surface area contributed by atoms with Crippen molar-refractivity contribution in [2.24, 2.45) is 0 Å². The first-order valence-electron chi connectivity index (χ1n) is 5.77. The number of hydrogen-bond donors (Lipinski definition) is 2. The van der Waals surface area contributed by atoms with Gasteiger partial charge in [-0.05, 0) is 45.1 Å². The molecule has 3 nitrogen and oxygen atoms in total. The molecule has 1 rings (SSSR count). The topological polar surface area (TPSA) is 33.3 Å². The summed E-state index contributed by atoms with van der Waals surface area (Å²) < 4.78 is 5.58. The predicted molar refractivity (Wildman–Crippen MR) is 76.4 cm³/mol. The SMILES string of the molecule is CCOC(C)(C)CNC(=S)Nc1ccccc1. The molecule has 0 saturated carbocycles. The lowest BCUT2D eigenvalue weighted by atomic mass is 10.1. The average molecular weight is 252 g/mol. The van der Waals surface area contributed by atoms with Crippen LogP contribution < -0.4 is 10.6 Å². The number of ether oxygens (including phenoxy) is 1. The monoisotopic (exact) mass is 252 g/mol. The van der Waals surface area contributed by atoms with Gasteiger partial charge in [-0.25, -0.2) is 0 Å². The normalized spacial score (nSPS) is 11.0. The molecule has 0 spiro atoms. The van der Waals surface area contributed by atoms with E-state index in [-0.39, 0.29) is 5.60 Å². The Balaban J connectivity index is 2.36. The fourth-order valence-corrected chi connectivity index (χ4v) is 1.62. The average Bonchev–Trinajstić information content (AvgIpc) is 2.28. The van der Waals surface area contributed by atoms with Crippen LogP contribution in [0.4, 0.5) is 5.69 Å². The Hall–Kier alpha value is -1.13. The second-order valence-corrected chi connectivity index (χ2v) is 4.77. The van der Waals surface area contributed by atoms with Crippen LogP contribution in [-0.2, 0) is 4.74 Å². The number of anilines is 1. The molecule has 0 unspecified atom stereocenters. The number of hydrogen-bond acceptors (Lipinski definition) is 2. The minimum atomic E-state index is -0.211. The van der Waals surface area contributed by atoms with Crippen LogP contribution in [-0.4, -0.2) is 23.9 Å². The van der Waals surface area contributed by atoms with Crippen molar-refractivity contribution in [1.82, 2.24) is 5.32 Å². The molecule has 1 aromatic carbocycles. The van der Waals surface area contributed by atoms with Gasteiger partial charge in [0.2, 0.25) is 0 Å². The summed E-state index contributed by atoms with van der Waals surface area (Å²) in [4.78, 5) is 0. The molecule has 0 aliphatic carbocycles. The Bertz CT molecular complexity index is 352. The summed E-state index contributed by atoms with van der Waals surface area (Å²) in [6, 6.07) is 9.85. The van der Waals surface area contributed by atoms with Crippen molar-refractivity contribution >= 4 is 23.0 Å². The Morgan fingerprint density at radius 3 is 2.53 bits per heavy atom. The van der Waals surface area contributed by atoms with Crippen LogP contribution >= 0.6 is 12.2 Å². The van der Waals surface area contributed by atoms with Crippen molar-refractivity contribution < 1.29 is 4.74 Å². The molecule has 0 fully saturated rings.